The Morgan fingerprint density at radius 3 is 2.06 bits per heavy atom. The molecule has 12 heteroatoms. The zero-order chi connectivity index (χ0) is 35.0. The van der Waals surface area contributed by atoms with Crippen molar-refractivity contribution in [2.75, 3.05) is 0 Å². The molecule has 0 aliphatic heterocycles. The van der Waals surface area contributed by atoms with E-state index in [-0.39, 0.29) is 25.6 Å². The summed E-state index contributed by atoms with van der Waals surface area (Å²) in [6.07, 6.45) is 2.42. The minimum Gasteiger partial charge on any atom is -0.445 e. The lowest BCUT2D eigenvalue weighted by molar-refractivity contribution is -0.125. The molecule has 0 spiro atoms. The maximum absolute atomic E-state index is 13.7. The van der Waals surface area contributed by atoms with Gasteiger partial charge in [0.05, 0.1) is 22.8 Å². The SMILES string of the molecule is CCc1nc(COC(=O)N[C@H](C(=O)N[C@@H](Cc2ccccc2)C[C@H](O)[C@H](Cc2ccccc2)NC(=O)OCc2cccnc2)C(C)C)cs1. The van der Waals surface area contributed by atoms with Gasteiger partial charge in [-0.15, -0.1) is 11.3 Å². The van der Waals surface area contributed by atoms with Crippen molar-refractivity contribution in [2.45, 2.75) is 83.9 Å². The first kappa shape index (κ1) is 37.0. The predicted molar refractivity (Wildman–Crippen MR) is 188 cm³/mol. The first-order valence-electron chi connectivity index (χ1n) is 16.4. The third kappa shape index (κ3) is 12.6. The van der Waals surface area contributed by atoms with Gasteiger partial charge >= 0.3 is 12.2 Å². The Morgan fingerprint density at radius 2 is 1.45 bits per heavy atom. The van der Waals surface area contributed by atoms with E-state index >= 15 is 0 Å². The lowest BCUT2D eigenvalue weighted by atomic mass is 9.93. The quantitative estimate of drug-likeness (QED) is 0.116. The number of nitrogens with zero attached hydrogens (tertiary/aromatic N) is 2. The van der Waals surface area contributed by atoms with Gasteiger partial charge in [-0.1, -0.05) is 87.5 Å². The lowest BCUT2D eigenvalue weighted by Crippen LogP contribution is -2.54. The summed E-state index contributed by atoms with van der Waals surface area (Å²) in [5.41, 5.74) is 3.24. The molecule has 0 radical (unpaired) electrons. The van der Waals surface area contributed by atoms with Crippen molar-refractivity contribution in [1.29, 1.82) is 0 Å². The zero-order valence-corrected chi connectivity index (χ0v) is 28.9. The summed E-state index contributed by atoms with van der Waals surface area (Å²) in [5.74, 6) is -0.673. The summed E-state index contributed by atoms with van der Waals surface area (Å²) < 4.78 is 10.8. The summed E-state index contributed by atoms with van der Waals surface area (Å²) in [4.78, 5) is 47.8. The van der Waals surface area contributed by atoms with Crippen LogP contribution in [-0.4, -0.2) is 57.4 Å². The second kappa shape index (κ2) is 19.3. The topological polar surface area (TPSA) is 152 Å². The highest BCUT2D eigenvalue weighted by atomic mass is 32.1. The number of aryl methyl sites for hydroxylation is 1. The first-order valence-corrected chi connectivity index (χ1v) is 17.3. The summed E-state index contributed by atoms with van der Waals surface area (Å²) >= 11 is 1.50. The molecule has 0 aliphatic rings. The molecular formula is C37H45N5O6S. The van der Waals surface area contributed by atoms with Crippen LogP contribution in [0.2, 0.25) is 0 Å². The normalized spacial score (nSPS) is 13.5. The number of alkyl carbamates (subject to hydrolysis) is 2. The molecule has 49 heavy (non-hydrogen) atoms. The van der Waals surface area contributed by atoms with E-state index in [4.69, 9.17) is 9.47 Å². The number of nitrogens with one attached hydrogen (secondary N) is 3. The Balaban J connectivity index is 1.45. The van der Waals surface area contributed by atoms with E-state index in [1.165, 1.54) is 11.3 Å². The Kier molecular flexibility index (Phi) is 14.5. The van der Waals surface area contributed by atoms with Crippen molar-refractivity contribution < 1.29 is 29.0 Å². The number of benzene rings is 2. The summed E-state index contributed by atoms with van der Waals surface area (Å²) in [7, 11) is 0. The van der Waals surface area contributed by atoms with Crippen molar-refractivity contribution in [3.8, 4) is 0 Å². The fourth-order valence-corrected chi connectivity index (χ4v) is 5.97. The summed E-state index contributed by atoms with van der Waals surface area (Å²) in [5, 5.41) is 23.0. The number of carbonyl (C=O) groups is 3. The molecule has 0 unspecified atom stereocenters. The highest BCUT2D eigenvalue weighted by Gasteiger charge is 2.30. The molecule has 3 amide bonds. The number of rotatable bonds is 17. The monoisotopic (exact) mass is 687 g/mol. The number of aliphatic hydroxyl groups excluding tert-OH is 1. The van der Waals surface area contributed by atoms with Gasteiger partial charge in [0.15, 0.2) is 0 Å². The van der Waals surface area contributed by atoms with Gasteiger partial charge in [0.25, 0.3) is 0 Å². The van der Waals surface area contributed by atoms with Gasteiger partial charge in [-0.05, 0) is 48.8 Å². The van der Waals surface area contributed by atoms with Crippen LogP contribution in [0.15, 0.2) is 90.6 Å². The van der Waals surface area contributed by atoms with E-state index in [0.717, 1.165) is 28.1 Å². The van der Waals surface area contributed by atoms with Crippen molar-refractivity contribution in [3.63, 3.8) is 0 Å². The number of pyridine rings is 1. The van der Waals surface area contributed by atoms with Crippen molar-refractivity contribution in [1.82, 2.24) is 25.9 Å². The highest BCUT2D eigenvalue weighted by molar-refractivity contribution is 7.09. The molecule has 4 atom stereocenters. The van der Waals surface area contributed by atoms with E-state index in [1.807, 2.05) is 86.8 Å². The molecule has 2 aromatic heterocycles. The van der Waals surface area contributed by atoms with Gasteiger partial charge in [0.1, 0.15) is 19.3 Å². The first-order chi connectivity index (χ1) is 23.7. The molecule has 4 rings (SSSR count). The van der Waals surface area contributed by atoms with E-state index in [1.54, 1.807) is 24.5 Å². The number of hydrogen-bond acceptors (Lipinski definition) is 9. The maximum atomic E-state index is 13.7. The Hall–Kier alpha value is -4.81. The zero-order valence-electron chi connectivity index (χ0n) is 28.1. The standard InChI is InChI=1S/C37H45N5O6S/c1-4-33-39-30(24-49-33)23-48-37(46)42-34(25(2)3)35(44)40-29(18-26-12-7-5-8-13-26)20-32(43)31(19-27-14-9-6-10-15-27)41-36(45)47-22-28-16-11-17-38-21-28/h5-17,21,24-25,29,31-32,34,43H,4,18-20,22-23H2,1-3H3,(H,40,44)(H,41,45)(H,42,46)/t29-,31-,32-,34-/m0/s1. The van der Waals surface area contributed by atoms with Crippen LogP contribution < -0.4 is 16.0 Å². The molecular weight excluding hydrogens is 643 g/mol. The number of carbonyl (C=O) groups excluding carboxylic acids is 3. The van der Waals surface area contributed by atoms with Crippen LogP contribution in [0.3, 0.4) is 0 Å². The molecule has 0 saturated heterocycles. The molecule has 0 aliphatic carbocycles. The van der Waals surface area contributed by atoms with Gasteiger partial charge in [0, 0.05) is 29.4 Å². The molecule has 2 heterocycles. The van der Waals surface area contributed by atoms with Crippen LogP contribution in [0.25, 0.3) is 0 Å². The minimum absolute atomic E-state index is 0.00192. The number of ether oxygens (including phenoxy) is 2. The fourth-order valence-electron chi connectivity index (χ4n) is 5.24. The van der Waals surface area contributed by atoms with E-state index in [0.29, 0.717) is 18.5 Å². The molecule has 2 aromatic carbocycles. The average molecular weight is 688 g/mol. The third-order valence-corrected chi connectivity index (χ3v) is 8.87. The number of amides is 3. The number of hydrogen-bond donors (Lipinski definition) is 4. The van der Waals surface area contributed by atoms with Gasteiger partial charge in [0.2, 0.25) is 5.91 Å². The van der Waals surface area contributed by atoms with Crippen molar-refractivity contribution >= 4 is 29.4 Å². The maximum Gasteiger partial charge on any atom is 0.408 e. The molecule has 11 nitrogen and oxygen atoms in total. The molecule has 0 bridgehead atoms. The molecule has 4 N–H and O–H groups in total. The molecule has 0 saturated carbocycles. The van der Waals surface area contributed by atoms with Crippen LogP contribution in [0.4, 0.5) is 9.59 Å². The van der Waals surface area contributed by atoms with Crippen molar-refractivity contribution in [2.24, 2.45) is 5.92 Å². The molecule has 260 valence electrons. The second-order valence-corrected chi connectivity index (χ2v) is 13.0. The number of aliphatic hydroxyl groups is 1. The Bertz CT molecular complexity index is 1590. The molecule has 4 aromatic rings. The van der Waals surface area contributed by atoms with Crippen LogP contribution in [-0.2, 0) is 46.7 Å². The highest BCUT2D eigenvalue weighted by Crippen LogP contribution is 2.16. The third-order valence-electron chi connectivity index (χ3n) is 7.83. The smallest absolute Gasteiger partial charge is 0.408 e. The van der Waals surface area contributed by atoms with Crippen LogP contribution >= 0.6 is 11.3 Å². The lowest BCUT2D eigenvalue weighted by Gasteiger charge is -2.30. The largest absolute Gasteiger partial charge is 0.445 e. The van der Waals surface area contributed by atoms with E-state index in [2.05, 4.69) is 25.9 Å². The Labute approximate surface area is 291 Å². The van der Waals surface area contributed by atoms with E-state index in [9.17, 15) is 19.5 Å². The average Bonchev–Trinajstić information content (AvgIpc) is 3.58. The van der Waals surface area contributed by atoms with Gasteiger partial charge in [-0.25, -0.2) is 14.6 Å². The van der Waals surface area contributed by atoms with Gasteiger partial charge in [-0.2, -0.15) is 0 Å². The van der Waals surface area contributed by atoms with Crippen molar-refractivity contribution in [3.05, 3.63) is 118 Å². The number of aromatic nitrogens is 2. The van der Waals surface area contributed by atoms with Crippen LogP contribution in [0.1, 0.15) is 54.6 Å². The fraction of sp³-hybridized carbons (Fsp3) is 0.378. The number of thiazole rings is 1. The van der Waals surface area contributed by atoms with Crippen LogP contribution in [0.5, 0.6) is 0 Å². The predicted octanol–water partition coefficient (Wildman–Crippen LogP) is 5.37. The molecule has 0 fully saturated rings. The minimum atomic E-state index is -1.07. The van der Waals surface area contributed by atoms with Crippen LogP contribution in [0, 0.1) is 5.92 Å². The second-order valence-electron chi connectivity index (χ2n) is 12.1. The van der Waals surface area contributed by atoms with Gasteiger partial charge in [-0.3, -0.25) is 9.78 Å². The van der Waals surface area contributed by atoms with E-state index < -0.39 is 42.3 Å². The Morgan fingerprint density at radius 1 is 0.816 bits per heavy atom. The summed E-state index contributed by atoms with van der Waals surface area (Å²) in [6, 6.07) is 20.5. The van der Waals surface area contributed by atoms with Gasteiger partial charge < -0.3 is 30.5 Å². The summed E-state index contributed by atoms with van der Waals surface area (Å²) in [6.45, 7) is 5.69.